The average Bonchev–Trinajstić information content (AvgIpc) is 2.36. The third-order valence-corrected chi connectivity index (χ3v) is 2.94. The maximum atomic E-state index is 6.02. The number of ether oxygens (including phenoxy) is 1. The maximum Gasteiger partial charge on any atom is 0.119 e. The van der Waals surface area contributed by atoms with E-state index in [9.17, 15) is 0 Å². The zero-order valence-corrected chi connectivity index (χ0v) is 11.0. The molecular formula is C14H18ClNO. The molecule has 0 unspecified atom stereocenters. The van der Waals surface area contributed by atoms with E-state index in [0.717, 1.165) is 12.2 Å². The van der Waals surface area contributed by atoms with Crippen molar-refractivity contribution in [2.24, 2.45) is 5.73 Å². The molecule has 0 aromatic heterocycles. The Labute approximate surface area is 108 Å². The molecule has 1 atom stereocenters. The van der Waals surface area contributed by atoms with Crippen LogP contribution in [0.2, 0.25) is 0 Å². The number of benzene rings is 2. The molecule has 0 saturated heterocycles. The number of hydrogen-bond donors (Lipinski definition) is 1. The molecular weight excluding hydrogens is 234 g/mol. The van der Waals surface area contributed by atoms with Gasteiger partial charge in [0.1, 0.15) is 5.75 Å². The summed E-state index contributed by atoms with van der Waals surface area (Å²) in [7, 11) is 1.68. The molecule has 0 heterocycles. The van der Waals surface area contributed by atoms with Crippen molar-refractivity contribution in [3.8, 4) is 5.75 Å². The van der Waals surface area contributed by atoms with Gasteiger partial charge >= 0.3 is 0 Å². The van der Waals surface area contributed by atoms with Gasteiger partial charge in [0, 0.05) is 6.04 Å². The van der Waals surface area contributed by atoms with Gasteiger partial charge in [0.05, 0.1) is 7.11 Å². The van der Waals surface area contributed by atoms with Gasteiger partial charge in [0.15, 0.2) is 0 Å². The standard InChI is InChI=1S/C14H17NO.ClH/c1-3-14(15)12-5-4-11-9-13(16-2)7-6-10(11)8-12;/h4-9,14H,3,15H2,1-2H3;1H/t14-;/m1./s1. The smallest absolute Gasteiger partial charge is 0.119 e. The van der Waals surface area contributed by atoms with E-state index < -0.39 is 0 Å². The fraction of sp³-hybridized carbons (Fsp3) is 0.286. The van der Waals surface area contributed by atoms with Crippen LogP contribution in [-0.4, -0.2) is 7.11 Å². The fourth-order valence-corrected chi connectivity index (χ4v) is 1.84. The Morgan fingerprint density at radius 1 is 1.12 bits per heavy atom. The molecule has 2 nitrogen and oxygen atoms in total. The largest absolute Gasteiger partial charge is 0.497 e. The zero-order chi connectivity index (χ0) is 11.5. The zero-order valence-electron chi connectivity index (χ0n) is 10.1. The molecule has 92 valence electrons. The van der Waals surface area contributed by atoms with Gasteiger partial charge in [-0.1, -0.05) is 25.1 Å². The number of methoxy groups -OCH3 is 1. The minimum absolute atomic E-state index is 0. The van der Waals surface area contributed by atoms with Crippen molar-refractivity contribution in [1.82, 2.24) is 0 Å². The van der Waals surface area contributed by atoms with Crippen molar-refractivity contribution < 1.29 is 4.74 Å². The van der Waals surface area contributed by atoms with E-state index in [4.69, 9.17) is 10.5 Å². The summed E-state index contributed by atoms with van der Waals surface area (Å²) in [4.78, 5) is 0. The topological polar surface area (TPSA) is 35.2 Å². The van der Waals surface area contributed by atoms with Gasteiger partial charge < -0.3 is 10.5 Å². The van der Waals surface area contributed by atoms with Crippen molar-refractivity contribution in [2.45, 2.75) is 19.4 Å². The second-order valence-electron chi connectivity index (χ2n) is 3.99. The second kappa shape index (κ2) is 5.89. The average molecular weight is 252 g/mol. The number of hydrogen-bond acceptors (Lipinski definition) is 2. The van der Waals surface area contributed by atoms with Gasteiger partial charge in [0.25, 0.3) is 0 Å². The van der Waals surface area contributed by atoms with Crippen molar-refractivity contribution in [2.75, 3.05) is 7.11 Å². The van der Waals surface area contributed by atoms with Crippen LogP contribution in [0, 0.1) is 0 Å². The van der Waals surface area contributed by atoms with E-state index in [0.29, 0.717) is 0 Å². The van der Waals surface area contributed by atoms with Gasteiger partial charge in [-0.05, 0) is 41.0 Å². The lowest BCUT2D eigenvalue weighted by Crippen LogP contribution is -2.08. The second-order valence-corrected chi connectivity index (χ2v) is 3.99. The Hall–Kier alpha value is -1.25. The molecule has 0 bridgehead atoms. The third kappa shape index (κ3) is 2.90. The maximum absolute atomic E-state index is 6.02. The minimum Gasteiger partial charge on any atom is -0.497 e. The molecule has 3 heteroatoms. The van der Waals surface area contributed by atoms with Gasteiger partial charge in [-0.25, -0.2) is 0 Å². The molecule has 0 spiro atoms. The number of rotatable bonds is 3. The van der Waals surface area contributed by atoms with E-state index >= 15 is 0 Å². The predicted molar refractivity (Wildman–Crippen MR) is 75.0 cm³/mol. The number of nitrogens with two attached hydrogens (primary N) is 1. The summed E-state index contributed by atoms with van der Waals surface area (Å²) >= 11 is 0. The van der Waals surface area contributed by atoms with Crippen molar-refractivity contribution in [1.29, 1.82) is 0 Å². The minimum atomic E-state index is 0. The van der Waals surface area contributed by atoms with E-state index in [-0.39, 0.29) is 18.4 Å². The Morgan fingerprint density at radius 3 is 2.41 bits per heavy atom. The van der Waals surface area contributed by atoms with Crippen LogP contribution in [0.1, 0.15) is 24.9 Å². The molecule has 0 aliphatic carbocycles. The van der Waals surface area contributed by atoms with E-state index in [1.54, 1.807) is 7.11 Å². The van der Waals surface area contributed by atoms with Crippen LogP contribution >= 0.6 is 12.4 Å². The molecule has 0 amide bonds. The number of halogens is 1. The summed E-state index contributed by atoms with van der Waals surface area (Å²) in [5, 5.41) is 2.40. The normalized spacial score (nSPS) is 11.9. The van der Waals surface area contributed by atoms with Crippen molar-refractivity contribution in [3.05, 3.63) is 42.0 Å². The molecule has 0 saturated carbocycles. The summed E-state index contributed by atoms with van der Waals surface area (Å²) in [6.45, 7) is 2.10. The van der Waals surface area contributed by atoms with Crippen LogP contribution in [0.5, 0.6) is 5.75 Å². The molecule has 2 N–H and O–H groups in total. The Balaban J connectivity index is 0.00000144. The summed E-state index contributed by atoms with van der Waals surface area (Å²) < 4.78 is 5.20. The first-order valence-electron chi connectivity index (χ1n) is 5.58. The predicted octanol–water partition coefficient (Wildman–Crippen LogP) is 3.68. The van der Waals surface area contributed by atoms with Gasteiger partial charge in [0.2, 0.25) is 0 Å². The van der Waals surface area contributed by atoms with Crippen LogP contribution in [0.15, 0.2) is 36.4 Å². The highest BCUT2D eigenvalue weighted by molar-refractivity contribution is 5.85. The molecule has 0 radical (unpaired) electrons. The highest BCUT2D eigenvalue weighted by Gasteiger charge is 2.04. The van der Waals surface area contributed by atoms with Gasteiger partial charge in [-0.3, -0.25) is 0 Å². The quantitative estimate of drug-likeness (QED) is 0.903. The first kappa shape index (κ1) is 13.8. The van der Waals surface area contributed by atoms with E-state index in [2.05, 4.69) is 31.2 Å². The lowest BCUT2D eigenvalue weighted by molar-refractivity contribution is 0.415. The van der Waals surface area contributed by atoms with Gasteiger partial charge in [-0.2, -0.15) is 0 Å². The first-order chi connectivity index (χ1) is 7.74. The summed E-state index contributed by atoms with van der Waals surface area (Å²) in [6.07, 6.45) is 0.960. The van der Waals surface area contributed by atoms with Crippen LogP contribution in [-0.2, 0) is 0 Å². The van der Waals surface area contributed by atoms with Crippen LogP contribution in [0.3, 0.4) is 0 Å². The van der Waals surface area contributed by atoms with Crippen LogP contribution in [0.4, 0.5) is 0 Å². The summed E-state index contributed by atoms with van der Waals surface area (Å²) in [6, 6.07) is 12.6. The van der Waals surface area contributed by atoms with Crippen LogP contribution < -0.4 is 10.5 Å². The summed E-state index contributed by atoms with van der Waals surface area (Å²) in [5.41, 5.74) is 7.21. The molecule has 2 rings (SSSR count). The SMILES string of the molecule is CC[C@@H](N)c1ccc2cc(OC)ccc2c1.Cl. The van der Waals surface area contributed by atoms with Crippen LogP contribution in [0.25, 0.3) is 10.8 Å². The van der Waals surface area contributed by atoms with Crippen molar-refractivity contribution in [3.63, 3.8) is 0 Å². The highest BCUT2D eigenvalue weighted by Crippen LogP contribution is 2.24. The fourth-order valence-electron chi connectivity index (χ4n) is 1.84. The third-order valence-electron chi connectivity index (χ3n) is 2.94. The van der Waals surface area contributed by atoms with E-state index in [1.807, 2.05) is 12.1 Å². The highest BCUT2D eigenvalue weighted by atomic mass is 35.5. The molecule has 2 aromatic carbocycles. The summed E-state index contributed by atoms with van der Waals surface area (Å²) in [5.74, 6) is 0.889. The van der Waals surface area contributed by atoms with Gasteiger partial charge in [-0.15, -0.1) is 12.4 Å². The lowest BCUT2D eigenvalue weighted by atomic mass is 10.0. The molecule has 2 aromatic rings. The molecule has 0 aliphatic rings. The monoisotopic (exact) mass is 251 g/mol. The number of fused-ring (bicyclic) bond motifs is 1. The first-order valence-corrected chi connectivity index (χ1v) is 5.58. The molecule has 0 fully saturated rings. The Morgan fingerprint density at radius 2 is 1.76 bits per heavy atom. The Kier molecular flexibility index (Phi) is 4.79. The lowest BCUT2D eigenvalue weighted by Gasteiger charge is -2.10. The molecule has 0 aliphatic heterocycles. The molecule has 17 heavy (non-hydrogen) atoms. The van der Waals surface area contributed by atoms with Crippen molar-refractivity contribution >= 4 is 23.2 Å². The van der Waals surface area contributed by atoms with E-state index in [1.165, 1.54) is 16.3 Å². The Bertz CT molecular complexity index is 499.